The Kier molecular flexibility index (Phi) is 3.00. The second-order valence-corrected chi connectivity index (χ2v) is 10.1. The monoisotopic (exact) mass is 200 g/mol. The zero-order valence-electron chi connectivity index (χ0n) is 9.05. The molecule has 1 aliphatic rings. The lowest BCUT2D eigenvalue weighted by Gasteiger charge is -2.38. The summed E-state index contributed by atoms with van der Waals surface area (Å²) in [5, 5.41) is 10.3. The molecule has 0 amide bonds. The van der Waals surface area contributed by atoms with Crippen LogP contribution in [0.25, 0.3) is 0 Å². The molecule has 3 heteroatoms. The van der Waals surface area contributed by atoms with Crippen LogP contribution in [0.3, 0.4) is 0 Å². The Morgan fingerprint density at radius 3 is 2.46 bits per heavy atom. The van der Waals surface area contributed by atoms with Crippen LogP contribution in [0.1, 0.15) is 26.2 Å². The summed E-state index contributed by atoms with van der Waals surface area (Å²) < 4.78 is 0. The third-order valence-corrected chi connectivity index (χ3v) is 5.13. The molecule has 13 heavy (non-hydrogen) atoms. The van der Waals surface area contributed by atoms with Crippen molar-refractivity contribution in [1.82, 2.24) is 0 Å². The summed E-state index contributed by atoms with van der Waals surface area (Å²) in [6, 6.07) is 0. The van der Waals surface area contributed by atoms with E-state index in [1.165, 1.54) is 5.20 Å². The van der Waals surface area contributed by atoms with E-state index >= 15 is 0 Å². The van der Waals surface area contributed by atoms with Crippen molar-refractivity contribution in [3.8, 4) is 0 Å². The quantitative estimate of drug-likeness (QED) is 0.421. The molecule has 0 bridgehead atoms. The molecule has 2 nitrogen and oxygen atoms in total. The molecule has 1 atom stereocenters. The maximum absolute atomic E-state index is 8.97. The van der Waals surface area contributed by atoms with Crippen LogP contribution < -0.4 is 0 Å². The Labute approximate surface area is 81.5 Å². The first-order chi connectivity index (χ1) is 5.90. The van der Waals surface area contributed by atoms with E-state index in [9.17, 15) is 0 Å². The molecule has 76 valence electrons. The highest BCUT2D eigenvalue weighted by Gasteiger charge is 2.39. The Bertz CT molecular complexity index is 217. The van der Waals surface area contributed by atoms with Gasteiger partial charge < -0.3 is 0 Å². The molecule has 0 spiro atoms. The normalized spacial score (nSPS) is 30.1. The Morgan fingerprint density at radius 2 is 2.08 bits per heavy atom. The highest BCUT2D eigenvalue weighted by atomic mass is 28.3. The van der Waals surface area contributed by atoms with Crippen LogP contribution >= 0.6 is 0 Å². The van der Waals surface area contributed by atoms with Gasteiger partial charge in [0.1, 0.15) is 5.60 Å². The van der Waals surface area contributed by atoms with Gasteiger partial charge >= 0.3 is 0 Å². The van der Waals surface area contributed by atoms with Crippen LogP contribution in [-0.2, 0) is 4.89 Å². The van der Waals surface area contributed by atoms with Crippen LogP contribution in [0.15, 0.2) is 11.3 Å². The standard InChI is InChI=1S/C10H20O2Si/c1-10(12-11)8-6-5-7-9(10)13(2,3)4/h7,11H,5-6,8H2,1-4H3. The molecule has 0 fully saturated rings. The predicted octanol–water partition coefficient (Wildman–Crippen LogP) is 3.22. The molecule has 0 aromatic rings. The highest BCUT2D eigenvalue weighted by molar-refractivity contribution is 6.83. The van der Waals surface area contributed by atoms with Gasteiger partial charge in [-0.1, -0.05) is 30.9 Å². The first-order valence-corrected chi connectivity index (χ1v) is 8.44. The summed E-state index contributed by atoms with van der Waals surface area (Å²) in [5.41, 5.74) is -0.400. The van der Waals surface area contributed by atoms with Crippen LogP contribution in [0.4, 0.5) is 0 Å². The van der Waals surface area contributed by atoms with E-state index < -0.39 is 13.7 Å². The van der Waals surface area contributed by atoms with Crippen LogP contribution in [0.2, 0.25) is 19.6 Å². The lowest BCUT2D eigenvalue weighted by molar-refractivity contribution is -0.306. The van der Waals surface area contributed by atoms with Crippen LogP contribution in [0, 0.1) is 0 Å². The molecule has 1 rings (SSSR count). The van der Waals surface area contributed by atoms with Crippen LogP contribution in [-0.4, -0.2) is 18.9 Å². The lowest BCUT2D eigenvalue weighted by atomic mass is 9.93. The topological polar surface area (TPSA) is 29.5 Å². The van der Waals surface area contributed by atoms with Crippen molar-refractivity contribution in [2.24, 2.45) is 0 Å². The summed E-state index contributed by atoms with van der Waals surface area (Å²) in [6.45, 7) is 8.88. The van der Waals surface area contributed by atoms with E-state index in [1.807, 2.05) is 6.92 Å². The molecule has 0 heterocycles. The SMILES string of the molecule is CC1(OO)CCCC=C1[Si](C)(C)C. The Morgan fingerprint density at radius 1 is 1.46 bits per heavy atom. The van der Waals surface area contributed by atoms with E-state index in [2.05, 4.69) is 30.6 Å². The van der Waals surface area contributed by atoms with Crippen molar-refractivity contribution < 1.29 is 10.1 Å². The minimum atomic E-state index is -1.34. The summed E-state index contributed by atoms with van der Waals surface area (Å²) in [5.74, 6) is 0. The van der Waals surface area contributed by atoms with E-state index in [4.69, 9.17) is 5.26 Å². The minimum absolute atomic E-state index is 0.400. The number of hydrogen-bond acceptors (Lipinski definition) is 2. The van der Waals surface area contributed by atoms with E-state index in [0.717, 1.165) is 19.3 Å². The average Bonchev–Trinajstić information content (AvgIpc) is 2.03. The fourth-order valence-electron chi connectivity index (χ4n) is 2.23. The van der Waals surface area contributed by atoms with Gasteiger partial charge in [-0.2, -0.15) is 0 Å². The fraction of sp³-hybridized carbons (Fsp3) is 0.800. The van der Waals surface area contributed by atoms with Crippen molar-refractivity contribution in [1.29, 1.82) is 0 Å². The third kappa shape index (κ3) is 2.21. The lowest BCUT2D eigenvalue weighted by Crippen LogP contribution is -2.43. The maximum Gasteiger partial charge on any atom is 0.118 e. The van der Waals surface area contributed by atoms with E-state index in [1.54, 1.807) is 0 Å². The molecule has 0 saturated carbocycles. The first-order valence-electron chi connectivity index (χ1n) is 4.94. The summed E-state index contributed by atoms with van der Waals surface area (Å²) in [6.07, 6.45) is 5.47. The zero-order chi connectivity index (χ0) is 10.1. The molecule has 0 aromatic heterocycles. The van der Waals surface area contributed by atoms with Crippen molar-refractivity contribution in [3.05, 3.63) is 11.3 Å². The van der Waals surface area contributed by atoms with E-state index in [-0.39, 0.29) is 0 Å². The maximum atomic E-state index is 8.97. The Hall–Kier alpha value is -0.123. The van der Waals surface area contributed by atoms with Gasteiger partial charge in [0.05, 0.1) is 8.07 Å². The van der Waals surface area contributed by atoms with Gasteiger partial charge in [0.2, 0.25) is 0 Å². The van der Waals surface area contributed by atoms with Crippen molar-refractivity contribution in [2.75, 3.05) is 0 Å². The van der Waals surface area contributed by atoms with Gasteiger partial charge in [0, 0.05) is 0 Å². The van der Waals surface area contributed by atoms with Crippen molar-refractivity contribution >= 4 is 8.07 Å². The predicted molar refractivity (Wildman–Crippen MR) is 57.4 cm³/mol. The van der Waals surface area contributed by atoms with Crippen molar-refractivity contribution in [3.63, 3.8) is 0 Å². The van der Waals surface area contributed by atoms with Gasteiger partial charge in [0.25, 0.3) is 0 Å². The van der Waals surface area contributed by atoms with Gasteiger partial charge in [-0.05, 0) is 26.2 Å². The van der Waals surface area contributed by atoms with Gasteiger partial charge in [-0.3, -0.25) is 5.26 Å². The third-order valence-electron chi connectivity index (χ3n) is 2.79. The second-order valence-electron chi connectivity index (χ2n) is 5.08. The number of rotatable bonds is 2. The Balaban J connectivity index is 2.97. The number of allylic oxidation sites excluding steroid dienone is 1. The second kappa shape index (κ2) is 3.56. The fourth-order valence-corrected chi connectivity index (χ4v) is 4.74. The smallest absolute Gasteiger partial charge is 0.118 e. The van der Waals surface area contributed by atoms with Gasteiger partial charge in [-0.15, -0.1) is 0 Å². The molecule has 0 saturated heterocycles. The summed E-state index contributed by atoms with van der Waals surface area (Å²) >= 11 is 0. The largest absolute Gasteiger partial charge is 0.251 e. The molecule has 1 N–H and O–H groups in total. The molecule has 0 aliphatic heterocycles. The summed E-state index contributed by atoms with van der Waals surface area (Å²) in [7, 11) is -1.34. The van der Waals surface area contributed by atoms with E-state index in [0.29, 0.717) is 0 Å². The van der Waals surface area contributed by atoms with Crippen molar-refractivity contribution in [2.45, 2.75) is 51.4 Å². The molecule has 0 radical (unpaired) electrons. The molecule has 1 aliphatic carbocycles. The minimum Gasteiger partial charge on any atom is -0.251 e. The molecular formula is C10H20O2Si. The number of hydrogen-bond donors (Lipinski definition) is 1. The summed E-state index contributed by atoms with van der Waals surface area (Å²) in [4.78, 5) is 4.68. The average molecular weight is 200 g/mol. The van der Waals surface area contributed by atoms with Gasteiger partial charge in [-0.25, -0.2) is 4.89 Å². The molecule has 1 unspecified atom stereocenters. The van der Waals surface area contributed by atoms with Crippen LogP contribution in [0.5, 0.6) is 0 Å². The molecular weight excluding hydrogens is 180 g/mol. The zero-order valence-corrected chi connectivity index (χ0v) is 10.1. The van der Waals surface area contributed by atoms with Gasteiger partial charge in [0.15, 0.2) is 0 Å². The highest BCUT2D eigenvalue weighted by Crippen LogP contribution is 2.37. The molecule has 0 aromatic carbocycles. The first kappa shape index (κ1) is 11.0.